The minimum Gasteiger partial charge on any atom is -0.361 e. The molecule has 0 spiro atoms. The fraction of sp³-hybridized carbons (Fsp3) is 0.200. The van der Waals surface area contributed by atoms with Gasteiger partial charge in [0, 0.05) is 46.9 Å². The van der Waals surface area contributed by atoms with Crippen LogP contribution in [0.2, 0.25) is 0 Å². The Bertz CT molecular complexity index is 1080. The molecule has 5 rings (SSSR count). The molecule has 0 unspecified atom stereocenters. The number of aromatic nitrogens is 3. The van der Waals surface area contributed by atoms with Crippen LogP contribution in [0.5, 0.6) is 0 Å². The maximum absolute atomic E-state index is 14.2. The number of hydrogen-bond donors (Lipinski definition) is 1. The summed E-state index contributed by atoms with van der Waals surface area (Å²) in [4.78, 5) is 5.53. The van der Waals surface area contributed by atoms with Crippen molar-refractivity contribution in [2.24, 2.45) is 0 Å². The molecule has 2 aromatic heterocycles. The van der Waals surface area contributed by atoms with E-state index < -0.39 is 0 Å². The van der Waals surface area contributed by atoms with Gasteiger partial charge in [-0.3, -0.25) is 0 Å². The van der Waals surface area contributed by atoms with E-state index >= 15 is 0 Å². The van der Waals surface area contributed by atoms with Gasteiger partial charge in [0.2, 0.25) is 5.13 Å². The average molecular weight is 364 g/mol. The van der Waals surface area contributed by atoms with Crippen LogP contribution in [0.1, 0.15) is 12.8 Å². The molecule has 0 aliphatic carbocycles. The van der Waals surface area contributed by atoms with Crippen LogP contribution in [0.25, 0.3) is 32.6 Å². The molecule has 130 valence electrons. The Hall–Kier alpha value is -2.73. The molecule has 0 saturated carbocycles. The van der Waals surface area contributed by atoms with Crippen molar-refractivity contribution in [1.82, 2.24) is 15.2 Å². The number of anilines is 1. The standard InChI is InChI=1S/C20H17FN4S/c21-17-6-2-1-5-14(17)16-12-22-18-8-7-13(11-15(16)18)19-23-24-20(26-19)25-9-3-4-10-25/h1-2,5-8,11-12,22H,3-4,9-10H2. The summed E-state index contributed by atoms with van der Waals surface area (Å²) in [5, 5.41) is 11.6. The number of nitrogens with one attached hydrogen (secondary N) is 1. The molecule has 3 heterocycles. The zero-order valence-electron chi connectivity index (χ0n) is 14.1. The first-order valence-electron chi connectivity index (χ1n) is 8.74. The van der Waals surface area contributed by atoms with E-state index in [1.807, 2.05) is 24.4 Å². The summed E-state index contributed by atoms with van der Waals surface area (Å²) in [6.45, 7) is 2.12. The van der Waals surface area contributed by atoms with E-state index in [0.717, 1.165) is 45.3 Å². The highest BCUT2D eigenvalue weighted by atomic mass is 32.1. The Morgan fingerprint density at radius 2 is 1.85 bits per heavy atom. The monoisotopic (exact) mass is 364 g/mol. The number of halogens is 1. The van der Waals surface area contributed by atoms with Crippen molar-refractivity contribution in [1.29, 1.82) is 0 Å². The lowest BCUT2D eigenvalue weighted by Crippen LogP contribution is -2.17. The normalized spacial score (nSPS) is 14.4. The van der Waals surface area contributed by atoms with E-state index in [0.29, 0.717) is 5.56 Å². The van der Waals surface area contributed by atoms with Gasteiger partial charge in [0.05, 0.1) is 0 Å². The molecule has 1 aliphatic heterocycles. The predicted octanol–water partition coefficient (Wildman–Crippen LogP) is 5.09. The van der Waals surface area contributed by atoms with Crippen molar-refractivity contribution in [3.8, 4) is 21.7 Å². The average Bonchev–Trinajstić information content (AvgIpc) is 3.41. The molecule has 4 nitrogen and oxygen atoms in total. The van der Waals surface area contributed by atoms with Gasteiger partial charge < -0.3 is 9.88 Å². The van der Waals surface area contributed by atoms with E-state index in [9.17, 15) is 4.39 Å². The first-order chi connectivity index (χ1) is 12.8. The van der Waals surface area contributed by atoms with Crippen molar-refractivity contribution in [2.75, 3.05) is 18.0 Å². The Morgan fingerprint density at radius 3 is 2.69 bits per heavy atom. The number of hydrogen-bond acceptors (Lipinski definition) is 4. The summed E-state index contributed by atoms with van der Waals surface area (Å²) in [5.74, 6) is -0.217. The number of nitrogens with zero attached hydrogens (tertiary/aromatic N) is 3. The molecule has 6 heteroatoms. The highest BCUT2D eigenvalue weighted by Gasteiger charge is 2.18. The van der Waals surface area contributed by atoms with Gasteiger partial charge in [-0.05, 0) is 37.1 Å². The lowest BCUT2D eigenvalue weighted by Gasteiger charge is -2.10. The summed E-state index contributed by atoms with van der Waals surface area (Å²) in [6, 6.07) is 13.0. The van der Waals surface area contributed by atoms with Crippen molar-refractivity contribution in [2.45, 2.75) is 12.8 Å². The fourth-order valence-electron chi connectivity index (χ4n) is 3.52. The van der Waals surface area contributed by atoms with Crippen molar-refractivity contribution >= 4 is 27.4 Å². The number of rotatable bonds is 3. The highest BCUT2D eigenvalue weighted by Crippen LogP contribution is 2.35. The van der Waals surface area contributed by atoms with Gasteiger partial charge in [0.15, 0.2) is 0 Å². The van der Waals surface area contributed by atoms with Gasteiger partial charge in [-0.25, -0.2) is 4.39 Å². The second-order valence-electron chi connectivity index (χ2n) is 6.53. The van der Waals surface area contributed by atoms with Gasteiger partial charge in [-0.15, -0.1) is 10.2 Å². The summed E-state index contributed by atoms with van der Waals surface area (Å²) < 4.78 is 14.2. The third-order valence-corrected chi connectivity index (χ3v) is 5.92. The Labute approximate surface area is 154 Å². The van der Waals surface area contributed by atoms with Gasteiger partial charge in [0.1, 0.15) is 10.8 Å². The van der Waals surface area contributed by atoms with E-state index in [4.69, 9.17) is 0 Å². The SMILES string of the molecule is Fc1ccccc1-c1c[nH]c2ccc(-c3nnc(N4CCCC4)s3)cc12. The summed E-state index contributed by atoms with van der Waals surface area (Å²) in [6.07, 6.45) is 4.30. The third-order valence-electron chi connectivity index (χ3n) is 4.88. The van der Waals surface area contributed by atoms with Crippen LogP contribution in [-0.2, 0) is 0 Å². The largest absolute Gasteiger partial charge is 0.361 e. The second-order valence-corrected chi connectivity index (χ2v) is 7.48. The second kappa shape index (κ2) is 6.21. The lowest BCUT2D eigenvalue weighted by molar-refractivity contribution is 0.631. The van der Waals surface area contributed by atoms with Gasteiger partial charge >= 0.3 is 0 Å². The Balaban J connectivity index is 1.58. The molecule has 4 aromatic rings. The molecule has 0 bridgehead atoms. The molecule has 2 aromatic carbocycles. The molecule has 1 fully saturated rings. The van der Waals surface area contributed by atoms with Gasteiger partial charge in [-0.1, -0.05) is 29.5 Å². The van der Waals surface area contributed by atoms with Gasteiger partial charge in [0.25, 0.3) is 0 Å². The Morgan fingerprint density at radius 1 is 1.00 bits per heavy atom. The van der Waals surface area contributed by atoms with Crippen LogP contribution in [0.15, 0.2) is 48.7 Å². The molecule has 0 atom stereocenters. The fourth-order valence-corrected chi connectivity index (χ4v) is 4.42. The summed E-state index contributed by atoms with van der Waals surface area (Å²) in [5.41, 5.74) is 3.46. The molecule has 0 radical (unpaired) electrons. The maximum Gasteiger partial charge on any atom is 0.208 e. The maximum atomic E-state index is 14.2. The minimum absolute atomic E-state index is 0.217. The predicted molar refractivity (Wildman–Crippen MR) is 104 cm³/mol. The lowest BCUT2D eigenvalue weighted by atomic mass is 10.0. The van der Waals surface area contributed by atoms with Crippen LogP contribution >= 0.6 is 11.3 Å². The quantitative estimate of drug-likeness (QED) is 0.550. The van der Waals surface area contributed by atoms with E-state index in [2.05, 4.69) is 26.1 Å². The van der Waals surface area contributed by atoms with Crippen LogP contribution < -0.4 is 4.90 Å². The highest BCUT2D eigenvalue weighted by molar-refractivity contribution is 7.18. The first-order valence-corrected chi connectivity index (χ1v) is 9.56. The number of benzene rings is 2. The number of H-pyrrole nitrogens is 1. The van der Waals surface area contributed by atoms with E-state index in [-0.39, 0.29) is 5.82 Å². The summed E-state index contributed by atoms with van der Waals surface area (Å²) in [7, 11) is 0. The number of aromatic amines is 1. The summed E-state index contributed by atoms with van der Waals surface area (Å²) >= 11 is 1.62. The molecular formula is C20H17FN4S. The van der Waals surface area contributed by atoms with Crippen LogP contribution in [0.3, 0.4) is 0 Å². The zero-order chi connectivity index (χ0) is 17.5. The zero-order valence-corrected chi connectivity index (χ0v) is 14.9. The molecule has 1 saturated heterocycles. The smallest absolute Gasteiger partial charge is 0.208 e. The molecule has 26 heavy (non-hydrogen) atoms. The molecule has 1 N–H and O–H groups in total. The Kier molecular flexibility index (Phi) is 3.71. The molecule has 1 aliphatic rings. The third kappa shape index (κ3) is 2.57. The molecular weight excluding hydrogens is 347 g/mol. The number of fused-ring (bicyclic) bond motifs is 1. The first kappa shape index (κ1) is 15.5. The van der Waals surface area contributed by atoms with Crippen molar-refractivity contribution in [3.05, 3.63) is 54.5 Å². The van der Waals surface area contributed by atoms with Crippen molar-refractivity contribution < 1.29 is 4.39 Å². The van der Waals surface area contributed by atoms with Crippen LogP contribution in [0.4, 0.5) is 9.52 Å². The van der Waals surface area contributed by atoms with Crippen LogP contribution in [-0.4, -0.2) is 28.3 Å². The van der Waals surface area contributed by atoms with E-state index in [1.165, 1.54) is 18.9 Å². The van der Waals surface area contributed by atoms with E-state index in [1.54, 1.807) is 23.5 Å². The van der Waals surface area contributed by atoms with Crippen molar-refractivity contribution in [3.63, 3.8) is 0 Å². The minimum atomic E-state index is -0.217. The van der Waals surface area contributed by atoms with Gasteiger partial charge in [-0.2, -0.15) is 0 Å². The topological polar surface area (TPSA) is 44.8 Å². The van der Waals surface area contributed by atoms with Crippen LogP contribution in [0, 0.1) is 5.82 Å². The molecule has 0 amide bonds.